The van der Waals surface area contributed by atoms with Gasteiger partial charge in [0.15, 0.2) is 0 Å². The lowest BCUT2D eigenvalue weighted by Gasteiger charge is -2.25. The Labute approximate surface area is 210 Å². The summed E-state index contributed by atoms with van der Waals surface area (Å²) in [5, 5.41) is 15.6. The molecule has 2 amide bonds. The van der Waals surface area contributed by atoms with Crippen molar-refractivity contribution in [3.05, 3.63) is 35.7 Å². The summed E-state index contributed by atoms with van der Waals surface area (Å²) in [6.45, 7) is 5.58. The van der Waals surface area contributed by atoms with Crippen LogP contribution >= 0.6 is 0 Å². The first-order valence-corrected chi connectivity index (χ1v) is 12.2. The van der Waals surface area contributed by atoms with E-state index in [9.17, 15) is 14.7 Å². The molecule has 1 aromatic carbocycles. The van der Waals surface area contributed by atoms with E-state index in [4.69, 9.17) is 9.26 Å². The monoisotopic (exact) mass is 493 g/mol. The first kappa shape index (κ1) is 25.2. The van der Waals surface area contributed by atoms with Crippen molar-refractivity contribution in [1.29, 1.82) is 0 Å². The lowest BCUT2D eigenvalue weighted by molar-refractivity contribution is 0.0600. The van der Waals surface area contributed by atoms with Gasteiger partial charge in [0.25, 0.3) is 0 Å². The Bertz CT molecular complexity index is 1180. The highest BCUT2D eigenvalue weighted by molar-refractivity contribution is 5.98. The lowest BCUT2D eigenvalue weighted by atomic mass is 10.1. The number of amides is 2. The smallest absolute Gasteiger partial charge is 0.437 e. The molecule has 36 heavy (non-hydrogen) atoms. The number of carbonyl (C=O) groups is 2. The van der Waals surface area contributed by atoms with E-state index in [1.54, 1.807) is 25.7 Å². The van der Waals surface area contributed by atoms with Crippen LogP contribution in [0.3, 0.4) is 0 Å². The number of benzene rings is 1. The third kappa shape index (κ3) is 6.62. The second-order valence-corrected chi connectivity index (χ2v) is 9.98. The molecule has 1 unspecified atom stereocenters. The van der Waals surface area contributed by atoms with Gasteiger partial charge in [-0.25, -0.2) is 9.59 Å². The van der Waals surface area contributed by atoms with Crippen molar-refractivity contribution in [3.8, 4) is 23.2 Å². The molecular weight excluding hydrogens is 462 g/mol. The predicted octanol–water partition coefficient (Wildman–Crippen LogP) is 4.97. The SMILES string of the molecule is CC(C)(C)OC(=O)N=C(NC(=O)O)N1CCCC1c1nc(-c2ccc(C#CC3CCCC3)cc2)no1. The molecule has 1 atom stereocenters. The molecule has 1 aliphatic heterocycles. The molecule has 2 aliphatic rings. The molecule has 1 saturated carbocycles. The Kier molecular flexibility index (Phi) is 7.58. The van der Waals surface area contributed by atoms with Crippen LogP contribution in [0.5, 0.6) is 0 Å². The standard InChI is InChI=1S/C26H31N5O5/c1-26(2,3)35-25(34)29-23(28-24(32)33)31-16-6-9-20(31)22-27-21(30-36-22)19-14-12-18(13-15-19)11-10-17-7-4-5-8-17/h12-15,17,20H,4-9,16H2,1-3H3,(H,32,33)(H,28,29,34). The van der Waals surface area contributed by atoms with Crippen molar-refractivity contribution in [1.82, 2.24) is 20.4 Å². The number of rotatable bonds is 2. The van der Waals surface area contributed by atoms with Crippen molar-refractivity contribution in [3.63, 3.8) is 0 Å². The Hall–Kier alpha value is -3.87. The van der Waals surface area contributed by atoms with E-state index in [-0.39, 0.29) is 5.96 Å². The fourth-order valence-corrected chi connectivity index (χ4v) is 4.35. The molecule has 1 saturated heterocycles. The lowest BCUT2D eigenvalue weighted by Crippen LogP contribution is -2.44. The van der Waals surface area contributed by atoms with Crippen LogP contribution in [-0.4, -0.2) is 50.4 Å². The predicted molar refractivity (Wildman–Crippen MR) is 132 cm³/mol. The maximum Gasteiger partial charge on any atom is 0.437 e. The molecule has 2 heterocycles. The summed E-state index contributed by atoms with van der Waals surface area (Å²) in [5.41, 5.74) is 0.963. The number of carboxylic acid groups (broad SMARTS) is 1. The minimum absolute atomic E-state index is 0.135. The van der Waals surface area contributed by atoms with E-state index in [0.29, 0.717) is 30.6 Å². The highest BCUT2D eigenvalue weighted by Crippen LogP contribution is 2.32. The zero-order valence-corrected chi connectivity index (χ0v) is 20.8. The van der Waals surface area contributed by atoms with Crippen molar-refractivity contribution >= 4 is 18.1 Å². The maximum absolute atomic E-state index is 12.3. The van der Waals surface area contributed by atoms with Crippen LogP contribution < -0.4 is 5.32 Å². The summed E-state index contributed by atoms with van der Waals surface area (Å²) in [4.78, 5) is 33.7. The van der Waals surface area contributed by atoms with Gasteiger partial charge in [-0.1, -0.05) is 29.8 Å². The molecular formula is C26H31N5O5. The number of nitrogens with one attached hydrogen (secondary N) is 1. The van der Waals surface area contributed by atoms with E-state index in [1.165, 1.54) is 25.7 Å². The first-order valence-electron chi connectivity index (χ1n) is 12.2. The molecule has 190 valence electrons. The van der Waals surface area contributed by atoms with Gasteiger partial charge >= 0.3 is 12.2 Å². The molecule has 0 radical (unpaired) electrons. The van der Waals surface area contributed by atoms with Crippen LogP contribution in [-0.2, 0) is 4.74 Å². The highest BCUT2D eigenvalue weighted by atomic mass is 16.6. The zero-order valence-electron chi connectivity index (χ0n) is 20.8. The van der Waals surface area contributed by atoms with Gasteiger partial charge in [0.1, 0.15) is 11.6 Å². The second-order valence-electron chi connectivity index (χ2n) is 9.98. The Morgan fingerprint density at radius 3 is 2.56 bits per heavy atom. The van der Waals surface area contributed by atoms with E-state index in [2.05, 4.69) is 32.3 Å². The topological polar surface area (TPSA) is 130 Å². The number of likely N-dealkylation sites (tertiary alicyclic amines) is 1. The van der Waals surface area contributed by atoms with E-state index in [0.717, 1.165) is 17.5 Å². The average molecular weight is 494 g/mol. The van der Waals surface area contributed by atoms with Crippen molar-refractivity contribution < 1.29 is 24.0 Å². The second kappa shape index (κ2) is 10.8. The van der Waals surface area contributed by atoms with Crippen LogP contribution in [0.15, 0.2) is 33.8 Å². The largest absolute Gasteiger partial charge is 0.465 e. The van der Waals surface area contributed by atoms with Crippen molar-refractivity contribution in [2.75, 3.05) is 6.54 Å². The van der Waals surface area contributed by atoms with Gasteiger partial charge in [0, 0.05) is 23.6 Å². The molecule has 10 nitrogen and oxygen atoms in total. The number of hydrogen-bond acceptors (Lipinski definition) is 6. The van der Waals surface area contributed by atoms with Crippen LogP contribution in [0.4, 0.5) is 9.59 Å². The average Bonchev–Trinajstić information content (AvgIpc) is 3.57. The maximum atomic E-state index is 12.3. The van der Waals surface area contributed by atoms with Crippen molar-refractivity contribution in [2.24, 2.45) is 10.9 Å². The number of aromatic nitrogens is 2. The molecule has 4 rings (SSSR count). The van der Waals surface area contributed by atoms with Gasteiger partial charge in [0.05, 0.1) is 0 Å². The van der Waals surface area contributed by atoms with E-state index < -0.39 is 23.8 Å². The summed E-state index contributed by atoms with van der Waals surface area (Å²) in [5.74, 6) is 7.71. The molecule has 1 aliphatic carbocycles. The normalized spacial score (nSPS) is 18.6. The molecule has 0 bridgehead atoms. The van der Waals surface area contributed by atoms with Gasteiger partial charge in [0.2, 0.25) is 17.7 Å². The number of hydrogen-bond donors (Lipinski definition) is 2. The van der Waals surface area contributed by atoms with Crippen LogP contribution in [0.1, 0.15) is 76.8 Å². The number of ether oxygens (including phenoxy) is 1. The number of guanidine groups is 1. The van der Waals surface area contributed by atoms with Crippen LogP contribution in [0.2, 0.25) is 0 Å². The summed E-state index contributed by atoms with van der Waals surface area (Å²) in [6, 6.07) is 7.26. The van der Waals surface area contributed by atoms with Gasteiger partial charge in [-0.2, -0.15) is 4.98 Å². The zero-order chi connectivity index (χ0) is 25.7. The summed E-state index contributed by atoms with van der Waals surface area (Å²) < 4.78 is 10.8. The Morgan fingerprint density at radius 1 is 1.17 bits per heavy atom. The molecule has 2 fully saturated rings. The highest BCUT2D eigenvalue weighted by Gasteiger charge is 2.34. The molecule has 0 spiro atoms. The number of aliphatic imine (C=N–C) groups is 1. The Balaban J connectivity index is 1.50. The Morgan fingerprint density at radius 2 is 1.89 bits per heavy atom. The van der Waals surface area contributed by atoms with Gasteiger partial charge < -0.3 is 19.3 Å². The minimum Gasteiger partial charge on any atom is -0.465 e. The quantitative estimate of drug-likeness (QED) is 0.341. The number of nitrogens with zero attached hydrogens (tertiary/aromatic N) is 4. The summed E-state index contributed by atoms with van der Waals surface area (Å²) in [6.07, 6.45) is 4.01. The molecule has 2 aromatic rings. The fourth-order valence-electron chi connectivity index (χ4n) is 4.35. The number of carbonyl (C=O) groups excluding carboxylic acids is 1. The van der Waals surface area contributed by atoms with Crippen LogP contribution in [0.25, 0.3) is 11.4 Å². The van der Waals surface area contributed by atoms with Gasteiger partial charge in [-0.05, 0) is 70.7 Å². The fraction of sp³-hybridized carbons (Fsp3) is 0.500. The van der Waals surface area contributed by atoms with Gasteiger partial charge in [-0.15, -0.1) is 4.99 Å². The van der Waals surface area contributed by atoms with E-state index in [1.807, 2.05) is 24.3 Å². The summed E-state index contributed by atoms with van der Waals surface area (Å²) >= 11 is 0. The molecule has 10 heteroatoms. The third-order valence-corrected chi connectivity index (χ3v) is 5.98. The molecule has 1 aromatic heterocycles. The van der Waals surface area contributed by atoms with Crippen LogP contribution in [0, 0.1) is 17.8 Å². The third-order valence-electron chi connectivity index (χ3n) is 5.98. The first-order chi connectivity index (χ1) is 17.2. The van der Waals surface area contributed by atoms with Gasteiger partial charge in [-0.3, -0.25) is 5.32 Å². The molecule has 2 N–H and O–H groups in total. The van der Waals surface area contributed by atoms with Crippen molar-refractivity contribution in [2.45, 2.75) is 70.9 Å². The summed E-state index contributed by atoms with van der Waals surface area (Å²) in [7, 11) is 0. The van der Waals surface area contributed by atoms with E-state index >= 15 is 0 Å². The minimum atomic E-state index is -1.34.